The largest absolute Gasteiger partial charge is 0.485 e. The molecule has 1 saturated carbocycles. The van der Waals surface area contributed by atoms with Gasteiger partial charge in [-0.3, -0.25) is 14.4 Å². The summed E-state index contributed by atoms with van der Waals surface area (Å²) in [5, 5.41) is 10.4. The number of nitrogens with zero attached hydrogens (tertiary/aromatic N) is 4. The van der Waals surface area contributed by atoms with E-state index in [4.69, 9.17) is 16.3 Å². The third-order valence-electron chi connectivity index (χ3n) is 9.04. The lowest BCUT2D eigenvalue weighted by Gasteiger charge is -2.43. The van der Waals surface area contributed by atoms with Crippen LogP contribution in [0.1, 0.15) is 64.6 Å². The lowest BCUT2D eigenvalue weighted by Crippen LogP contribution is -2.50. The second-order valence-electron chi connectivity index (χ2n) is 11.6. The lowest BCUT2D eigenvalue weighted by atomic mass is 9.77. The van der Waals surface area contributed by atoms with E-state index >= 15 is 0 Å². The molecule has 3 aromatic rings. The summed E-state index contributed by atoms with van der Waals surface area (Å²) in [5.41, 5.74) is 2.90. The van der Waals surface area contributed by atoms with Gasteiger partial charge in [-0.05, 0) is 48.6 Å². The fourth-order valence-corrected chi connectivity index (χ4v) is 7.16. The summed E-state index contributed by atoms with van der Waals surface area (Å²) in [6.45, 7) is 0.188. The van der Waals surface area contributed by atoms with Crippen molar-refractivity contribution in [2.45, 2.75) is 64.3 Å². The Balaban J connectivity index is 1.37. The number of carbonyl (C=O) groups is 3. The van der Waals surface area contributed by atoms with Crippen LogP contribution in [-0.4, -0.2) is 61.8 Å². The van der Waals surface area contributed by atoms with Crippen LogP contribution in [0.3, 0.4) is 0 Å². The first-order valence-corrected chi connectivity index (χ1v) is 15.2. The van der Waals surface area contributed by atoms with E-state index in [-0.39, 0.29) is 25.0 Å². The minimum atomic E-state index is -2.56. The summed E-state index contributed by atoms with van der Waals surface area (Å²) in [7, 11) is 0. The van der Waals surface area contributed by atoms with E-state index in [1.807, 2.05) is 18.2 Å². The van der Waals surface area contributed by atoms with Gasteiger partial charge in [-0.2, -0.15) is 0 Å². The van der Waals surface area contributed by atoms with Crippen LogP contribution in [0.25, 0.3) is 0 Å². The predicted octanol–water partition coefficient (Wildman–Crippen LogP) is 5.35. The van der Waals surface area contributed by atoms with E-state index in [0.717, 1.165) is 24.0 Å². The van der Waals surface area contributed by atoms with E-state index in [1.165, 1.54) is 17.0 Å². The second kappa shape index (κ2) is 12.6. The molecule has 232 valence electrons. The Hall–Kier alpha value is -3.99. The van der Waals surface area contributed by atoms with Gasteiger partial charge in [0.05, 0.1) is 24.4 Å². The second-order valence-corrected chi connectivity index (χ2v) is 12.0. The Labute approximate surface area is 258 Å². The Kier molecular flexibility index (Phi) is 8.57. The van der Waals surface area contributed by atoms with Gasteiger partial charge in [0.15, 0.2) is 0 Å². The van der Waals surface area contributed by atoms with Crippen molar-refractivity contribution in [1.29, 1.82) is 0 Å². The molecule has 3 heterocycles. The molecule has 9 nitrogen and oxygen atoms in total. The van der Waals surface area contributed by atoms with Crippen molar-refractivity contribution in [1.82, 2.24) is 19.4 Å². The van der Waals surface area contributed by atoms with E-state index < -0.39 is 36.8 Å². The average Bonchev–Trinajstić information content (AvgIpc) is 3.59. The van der Waals surface area contributed by atoms with Gasteiger partial charge in [-0.15, -0.1) is 0 Å². The quantitative estimate of drug-likeness (QED) is 0.343. The van der Waals surface area contributed by atoms with E-state index in [0.29, 0.717) is 60.1 Å². The summed E-state index contributed by atoms with van der Waals surface area (Å²) < 4.78 is 33.8. The standard InChI is InChI=1S/C32H33ClF2N4O5/c33-24-9-10-26(44-18-28-36-12-14-37(28)17-27(34)35)29-23(24)11-13-39(31(41)21-7-3-4-8-22(21)32(42)43)25(29)16-38-15-19-5-1-2-6-20(19)30(38)40/h1-2,5-6,9-10,12,14,21-22,25,27H,3-4,7-8,11,13,15-18H2,(H,42,43)/t21-,22+,25-/m1/s1. The summed E-state index contributed by atoms with van der Waals surface area (Å²) in [5.74, 6) is -2.13. The first kappa shape index (κ1) is 30.1. The van der Waals surface area contributed by atoms with Gasteiger partial charge < -0.3 is 24.2 Å². The van der Waals surface area contributed by atoms with Gasteiger partial charge in [0, 0.05) is 48.2 Å². The number of aliphatic carboxylic acids is 1. The minimum absolute atomic E-state index is 0.105. The summed E-state index contributed by atoms with van der Waals surface area (Å²) in [6.07, 6.45) is 3.17. The molecule has 3 aliphatic rings. The van der Waals surface area contributed by atoms with Crippen LogP contribution in [-0.2, 0) is 35.7 Å². The zero-order chi connectivity index (χ0) is 31.0. The highest BCUT2D eigenvalue weighted by Crippen LogP contribution is 2.43. The van der Waals surface area contributed by atoms with Crippen LogP contribution in [0.15, 0.2) is 48.8 Å². The van der Waals surface area contributed by atoms with Gasteiger partial charge in [0.1, 0.15) is 18.2 Å². The van der Waals surface area contributed by atoms with E-state index in [1.54, 1.807) is 28.0 Å². The summed E-state index contributed by atoms with van der Waals surface area (Å²) >= 11 is 6.70. The molecule has 0 saturated heterocycles. The molecule has 2 amide bonds. The number of hydrogen-bond acceptors (Lipinski definition) is 5. The van der Waals surface area contributed by atoms with Crippen molar-refractivity contribution >= 4 is 29.4 Å². The van der Waals surface area contributed by atoms with Crippen LogP contribution < -0.4 is 4.74 Å². The monoisotopic (exact) mass is 626 g/mol. The van der Waals surface area contributed by atoms with Gasteiger partial charge in [0.2, 0.25) is 5.91 Å². The van der Waals surface area contributed by atoms with Crippen LogP contribution in [0, 0.1) is 11.8 Å². The van der Waals surface area contributed by atoms with Gasteiger partial charge in [0.25, 0.3) is 12.3 Å². The number of ether oxygens (including phenoxy) is 1. The maximum Gasteiger partial charge on any atom is 0.307 e. The Morgan fingerprint density at radius 2 is 1.89 bits per heavy atom. The van der Waals surface area contributed by atoms with Crippen molar-refractivity contribution < 1.29 is 33.0 Å². The predicted molar refractivity (Wildman–Crippen MR) is 156 cm³/mol. The molecule has 1 N–H and O–H groups in total. The number of carboxylic acids is 1. The molecule has 1 fully saturated rings. The maximum absolute atomic E-state index is 14.3. The molecule has 0 unspecified atom stereocenters. The fourth-order valence-electron chi connectivity index (χ4n) is 6.90. The number of imidazole rings is 1. The SMILES string of the molecule is O=C(O)[C@H]1CCCC[C@H]1C(=O)N1CCc2c(Cl)ccc(OCc3nccn3CC(F)F)c2[C@H]1CN1Cc2ccccc2C1=O. The molecule has 2 aromatic carbocycles. The first-order chi connectivity index (χ1) is 21.2. The highest BCUT2D eigenvalue weighted by Gasteiger charge is 2.44. The smallest absolute Gasteiger partial charge is 0.307 e. The molecule has 0 spiro atoms. The number of benzene rings is 2. The third kappa shape index (κ3) is 5.77. The molecule has 3 atom stereocenters. The third-order valence-corrected chi connectivity index (χ3v) is 9.39. The Morgan fingerprint density at radius 3 is 2.64 bits per heavy atom. The number of carbonyl (C=O) groups excluding carboxylic acids is 2. The molecule has 0 radical (unpaired) electrons. The molecular formula is C32H33ClF2N4O5. The van der Waals surface area contributed by atoms with Crippen molar-refractivity contribution in [3.05, 3.63) is 81.9 Å². The minimum Gasteiger partial charge on any atom is -0.485 e. The van der Waals surface area contributed by atoms with E-state index in [9.17, 15) is 28.3 Å². The van der Waals surface area contributed by atoms with Gasteiger partial charge >= 0.3 is 5.97 Å². The number of hydrogen-bond donors (Lipinski definition) is 1. The normalized spacial score (nSPS) is 21.4. The number of amides is 2. The fraction of sp³-hybridized carbons (Fsp3) is 0.438. The van der Waals surface area contributed by atoms with Crippen LogP contribution in [0.2, 0.25) is 5.02 Å². The molecule has 2 aliphatic heterocycles. The van der Waals surface area contributed by atoms with Crippen LogP contribution in [0.4, 0.5) is 8.78 Å². The molecule has 12 heteroatoms. The summed E-state index contributed by atoms with van der Waals surface area (Å²) in [4.78, 5) is 47.5. The van der Waals surface area contributed by atoms with E-state index in [2.05, 4.69) is 4.98 Å². The zero-order valence-corrected chi connectivity index (χ0v) is 24.8. The highest BCUT2D eigenvalue weighted by molar-refractivity contribution is 6.31. The Bertz CT molecular complexity index is 1580. The highest BCUT2D eigenvalue weighted by atomic mass is 35.5. The van der Waals surface area contributed by atoms with Gasteiger partial charge in [-0.25, -0.2) is 13.8 Å². The molecule has 44 heavy (non-hydrogen) atoms. The number of rotatable bonds is 9. The number of halogens is 3. The topological polar surface area (TPSA) is 105 Å². The summed E-state index contributed by atoms with van der Waals surface area (Å²) in [6, 6.07) is 10.1. The molecule has 0 bridgehead atoms. The van der Waals surface area contributed by atoms with Crippen molar-refractivity contribution in [3.63, 3.8) is 0 Å². The Morgan fingerprint density at radius 1 is 1.11 bits per heavy atom. The lowest BCUT2D eigenvalue weighted by molar-refractivity contribution is -0.153. The number of carboxylic acid groups (broad SMARTS) is 1. The van der Waals surface area contributed by atoms with Crippen molar-refractivity contribution in [2.75, 3.05) is 13.1 Å². The average molecular weight is 627 g/mol. The number of fused-ring (bicyclic) bond motifs is 2. The molecule has 6 rings (SSSR count). The van der Waals surface area contributed by atoms with Gasteiger partial charge in [-0.1, -0.05) is 42.6 Å². The van der Waals surface area contributed by atoms with Crippen LogP contribution >= 0.6 is 11.6 Å². The first-order valence-electron chi connectivity index (χ1n) is 14.9. The molecule has 1 aliphatic carbocycles. The number of aromatic nitrogens is 2. The zero-order valence-electron chi connectivity index (χ0n) is 24.0. The number of alkyl halides is 2. The molecule has 1 aromatic heterocycles. The van der Waals surface area contributed by atoms with Crippen molar-refractivity contribution in [2.24, 2.45) is 11.8 Å². The molecular weight excluding hydrogens is 594 g/mol. The maximum atomic E-state index is 14.3. The van der Waals surface area contributed by atoms with Crippen molar-refractivity contribution in [3.8, 4) is 5.75 Å². The van der Waals surface area contributed by atoms with Crippen LogP contribution in [0.5, 0.6) is 5.75 Å².